The number of halogens is 2. The van der Waals surface area contributed by atoms with Crippen LogP contribution in [0.3, 0.4) is 0 Å². The molecule has 0 bridgehead atoms. The quantitative estimate of drug-likeness (QED) is 0.520. The van der Waals surface area contributed by atoms with Crippen LogP contribution >= 0.6 is 11.6 Å². The Morgan fingerprint density at radius 3 is 2.64 bits per heavy atom. The van der Waals surface area contributed by atoms with E-state index in [-0.39, 0.29) is 27.9 Å². The monoisotopic (exact) mass is 398 g/mol. The van der Waals surface area contributed by atoms with E-state index in [1.54, 1.807) is 31.4 Å². The molecular weight excluding hydrogens is 387 g/mol. The van der Waals surface area contributed by atoms with E-state index in [0.29, 0.717) is 17.0 Å². The van der Waals surface area contributed by atoms with Gasteiger partial charge in [0.25, 0.3) is 5.89 Å². The van der Waals surface area contributed by atoms with Crippen molar-refractivity contribution in [3.8, 4) is 34.4 Å². The van der Waals surface area contributed by atoms with Crippen molar-refractivity contribution in [3.05, 3.63) is 75.8 Å². The third-order valence-corrected chi connectivity index (χ3v) is 4.24. The first-order valence-electron chi connectivity index (χ1n) is 8.09. The Kier molecular flexibility index (Phi) is 4.62. The van der Waals surface area contributed by atoms with E-state index in [9.17, 15) is 9.18 Å². The van der Waals surface area contributed by atoms with Gasteiger partial charge in [0.2, 0.25) is 11.3 Å². The molecule has 4 aromatic rings. The number of hydrogen-bond donors (Lipinski definition) is 0. The van der Waals surface area contributed by atoms with Gasteiger partial charge >= 0.3 is 0 Å². The predicted octanol–water partition coefficient (Wildman–Crippen LogP) is 3.75. The molecule has 0 amide bonds. The van der Waals surface area contributed by atoms with Gasteiger partial charge in [-0.2, -0.15) is 10.1 Å². The molecule has 2 aromatic heterocycles. The lowest BCUT2D eigenvalue weighted by atomic mass is 10.2. The minimum atomic E-state index is -0.554. The molecule has 0 spiro atoms. The van der Waals surface area contributed by atoms with Gasteiger partial charge in [-0.3, -0.25) is 4.79 Å². The number of benzene rings is 2. The normalized spacial score (nSPS) is 10.8. The largest absolute Gasteiger partial charge is 0.497 e. The van der Waals surface area contributed by atoms with E-state index in [0.717, 1.165) is 0 Å². The summed E-state index contributed by atoms with van der Waals surface area (Å²) in [4.78, 5) is 16.4. The lowest BCUT2D eigenvalue weighted by Gasteiger charge is -2.06. The van der Waals surface area contributed by atoms with Crippen LogP contribution in [-0.2, 0) is 0 Å². The van der Waals surface area contributed by atoms with Crippen molar-refractivity contribution in [1.29, 1.82) is 0 Å². The van der Waals surface area contributed by atoms with Crippen LogP contribution in [0.5, 0.6) is 5.75 Å². The second-order valence-corrected chi connectivity index (χ2v) is 6.13. The molecule has 28 heavy (non-hydrogen) atoms. The number of hydrogen-bond acceptors (Lipinski definition) is 6. The molecule has 0 aliphatic rings. The van der Waals surface area contributed by atoms with Gasteiger partial charge in [0, 0.05) is 17.8 Å². The predicted molar refractivity (Wildman–Crippen MR) is 100 cm³/mol. The topological polar surface area (TPSA) is 83.0 Å². The standard InChI is InChI=1S/C19H12ClFN4O3/c1-27-13-5-3-12(4-6-13)25-9-8-16(26)17(23-25)19-22-18(24-28-19)11-2-7-15(21)14(20)10-11/h2-10H,1H3. The molecule has 0 N–H and O–H groups in total. The number of ether oxygens (including phenoxy) is 1. The van der Waals surface area contributed by atoms with Crippen molar-refractivity contribution in [2.24, 2.45) is 0 Å². The molecule has 4 rings (SSSR count). The SMILES string of the molecule is COc1ccc(-n2ccc(=O)c(-c3nc(-c4ccc(F)c(Cl)c4)no3)n2)cc1. The molecule has 0 fully saturated rings. The average Bonchev–Trinajstić information content (AvgIpc) is 3.20. The fourth-order valence-corrected chi connectivity index (χ4v) is 2.69. The summed E-state index contributed by atoms with van der Waals surface area (Å²) >= 11 is 5.79. The van der Waals surface area contributed by atoms with E-state index >= 15 is 0 Å². The van der Waals surface area contributed by atoms with Gasteiger partial charge in [-0.05, 0) is 42.5 Å². The van der Waals surface area contributed by atoms with Crippen molar-refractivity contribution in [3.63, 3.8) is 0 Å². The maximum Gasteiger partial charge on any atom is 0.282 e. The highest BCUT2D eigenvalue weighted by atomic mass is 35.5. The van der Waals surface area contributed by atoms with Crippen molar-refractivity contribution in [2.45, 2.75) is 0 Å². The molecule has 0 atom stereocenters. The molecule has 140 valence electrons. The van der Waals surface area contributed by atoms with Crippen LogP contribution in [0.2, 0.25) is 5.02 Å². The van der Waals surface area contributed by atoms with Crippen molar-refractivity contribution >= 4 is 11.6 Å². The van der Waals surface area contributed by atoms with Gasteiger partial charge in [0.05, 0.1) is 17.8 Å². The zero-order chi connectivity index (χ0) is 19.7. The minimum Gasteiger partial charge on any atom is -0.497 e. The first-order valence-corrected chi connectivity index (χ1v) is 8.47. The highest BCUT2D eigenvalue weighted by Crippen LogP contribution is 2.24. The smallest absolute Gasteiger partial charge is 0.282 e. The van der Waals surface area contributed by atoms with Crippen LogP contribution in [0.15, 0.2) is 64.0 Å². The van der Waals surface area contributed by atoms with Gasteiger partial charge in [-0.1, -0.05) is 16.8 Å². The van der Waals surface area contributed by atoms with Crippen molar-refractivity contribution in [1.82, 2.24) is 19.9 Å². The summed E-state index contributed by atoms with van der Waals surface area (Å²) in [6, 6.07) is 12.5. The van der Waals surface area contributed by atoms with Gasteiger partial charge < -0.3 is 9.26 Å². The van der Waals surface area contributed by atoms with Gasteiger partial charge in [0.15, 0.2) is 5.69 Å². The average molecular weight is 399 g/mol. The molecule has 2 aromatic carbocycles. The van der Waals surface area contributed by atoms with E-state index in [4.69, 9.17) is 20.9 Å². The Labute approximate surface area is 163 Å². The molecule has 7 nitrogen and oxygen atoms in total. The number of nitrogens with zero attached hydrogens (tertiary/aromatic N) is 4. The summed E-state index contributed by atoms with van der Waals surface area (Å²) in [6.07, 6.45) is 1.53. The molecule has 9 heteroatoms. The third kappa shape index (κ3) is 3.37. The molecule has 0 aliphatic carbocycles. The van der Waals surface area contributed by atoms with Gasteiger partial charge in [-0.15, -0.1) is 0 Å². The van der Waals surface area contributed by atoms with Gasteiger partial charge in [0.1, 0.15) is 11.6 Å². The molecule has 0 radical (unpaired) electrons. The lowest BCUT2D eigenvalue weighted by molar-refractivity contribution is 0.414. The van der Waals surface area contributed by atoms with E-state index in [1.165, 1.54) is 35.1 Å². The first kappa shape index (κ1) is 17.9. The second-order valence-electron chi connectivity index (χ2n) is 5.72. The summed E-state index contributed by atoms with van der Waals surface area (Å²) in [5, 5.41) is 8.05. The Morgan fingerprint density at radius 1 is 1.14 bits per heavy atom. The van der Waals surface area contributed by atoms with Crippen LogP contribution in [0, 0.1) is 5.82 Å². The first-order chi connectivity index (χ1) is 13.5. The highest BCUT2D eigenvalue weighted by Gasteiger charge is 2.17. The number of aromatic nitrogens is 4. The van der Waals surface area contributed by atoms with E-state index < -0.39 is 5.82 Å². The van der Waals surface area contributed by atoms with Crippen LogP contribution in [-0.4, -0.2) is 27.0 Å². The van der Waals surface area contributed by atoms with Gasteiger partial charge in [-0.25, -0.2) is 9.07 Å². The fraction of sp³-hybridized carbons (Fsp3) is 0.0526. The fourth-order valence-electron chi connectivity index (χ4n) is 2.51. The van der Waals surface area contributed by atoms with Crippen LogP contribution < -0.4 is 10.2 Å². The number of methoxy groups -OCH3 is 1. The summed E-state index contributed by atoms with van der Waals surface area (Å²) in [5.74, 6) is 0.256. The van der Waals surface area contributed by atoms with E-state index in [1.807, 2.05) is 0 Å². The maximum atomic E-state index is 13.3. The van der Waals surface area contributed by atoms with Crippen LogP contribution in [0.25, 0.3) is 28.7 Å². The molecule has 0 saturated heterocycles. The minimum absolute atomic E-state index is 0.00900. The maximum absolute atomic E-state index is 13.3. The zero-order valence-corrected chi connectivity index (χ0v) is 15.2. The molecular formula is C19H12ClFN4O3. The summed E-state index contributed by atoms with van der Waals surface area (Å²) in [5.41, 5.74) is 0.780. The summed E-state index contributed by atoms with van der Waals surface area (Å²) < 4.78 is 25.2. The zero-order valence-electron chi connectivity index (χ0n) is 14.5. The Hall–Kier alpha value is -3.52. The summed E-state index contributed by atoms with van der Waals surface area (Å²) in [7, 11) is 1.58. The van der Waals surface area contributed by atoms with E-state index in [2.05, 4.69) is 15.2 Å². The molecule has 0 unspecified atom stereocenters. The third-order valence-electron chi connectivity index (χ3n) is 3.95. The molecule has 0 saturated carbocycles. The van der Waals surface area contributed by atoms with Crippen LogP contribution in [0.4, 0.5) is 4.39 Å². The number of rotatable bonds is 4. The molecule has 0 aliphatic heterocycles. The van der Waals surface area contributed by atoms with Crippen molar-refractivity contribution < 1.29 is 13.7 Å². The summed E-state index contributed by atoms with van der Waals surface area (Å²) in [6.45, 7) is 0. The molecule has 2 heterocycles. The second kappa shape index (κ2) is 7.24. The Morgan fingerprint density at radius 2 is 1.93 bits per heavy atom. The Balaban J connectivity index is 1.72. The Bertz CT molecular complexity index is 1200. The van der Waals surface area contributed by atoms with Crippen molar-refractivity contribution in [2.75, 3.05) is 7.11 Å². The highest BCUT2D eigenvalue weighted by molar-refractivity contribution is 6.31. The lowest BCUT2D eigenvalue weighted by Crippen LogP contribution is -2.12. The van der Waals surface area contributed by atoms with Crippen LogP contribution in [0.1, 0.15) is 0 Å².